The van der Waals surface area contributed by atoms with Crippen molar-refractivity contribution in [3.8, 4) is 33.6 Å². The van der Waals surface area contributed by atoms with Gasteiger partial charge in [-0.1, -0.05) is 101 Å². The molecule has 0 aliphatic carbocycles. The van der Waals surface area contributed by atoms with Crippen LogP contribution < -0.4 is 10.6 Å². The van der Waals surface area contributed by atoms with E-state index in [1.807, 2.05) is 62.0 Å². The summed E-state index contributed by atoms with van der Waals surface area (Å²) in [5.74, 6) is 0.962. The van der Waals surface area contributed by atoms with Crippen molar-refractivity contribution in [1.82, 2.24) is 40.4 Å². The molecular formula is C45H56N8O6Si. The van der Waals surface area contributed by atoms with E-state index in [-0.39, 0.29) is 35.7 Å². The maximum Gasteiger partial charge on any atom is 0.407 e. The van der Waals surface area contributed by atoms with Gasteiger partial charge in [-0.15, -0.1) is 0 Å². The Morgan fingerprint density at radius 3 is 1.82 bits per heavy atom. The van der Waals surface area contributed by atoms with Gasteiger partial charge in [0.05, 0.1) is 58.2 Å². The first kappa shape index (κ1) is 42.2. The molecule has 4 heterocycles. The molecule has 3 aromatic carbocycles. The second kappa shape index (κ2) is 17.3. The van der Waals surface area contributed by atoms with Gasteiger partial charge in [0.25, 0.3) is 0 Å². The lowest BCUT2D eigenvalue weighted by molar-refractivity contribution is -0.136. The van der Waals surface area contributed by atoms with Crippen LogP contribution in [-0.2, 0) is 19.1 Å². The van der Waals surface area contributed by atoms with Gasteiger partial charge in [0, 0.05) is 18.3 Å². The molecule has 2 saturated heterocycles. The van der Waals surface area contributed by atoms with E-state index in [9.17, 15) is 19.2 Å². The van der Waals surface area contributed by atoms with Gasteiger partial charge in [-0.3, -0.25) is 9.59 Å². The second-order valence-corrected chi connectivity index (χ2v) is 22.5. The molecule has 316 valence electrons. The zero-order chi connectivity index (χ0) is 42.9. The van der Waals surface area contributed by atoms with Gasteiger partial charge >= 0.3 is 12.2 Å². The van der Waals surface area contributed by atoms with E-state index >= 15 is 0 Å². The van der Waals surface area contributed by atoms with Crippen molar-refractivity contribution in [3.05, 3.63) is 84.7 Å². The van der Waals surface area contributed by atoms with E-state index in [2.05, 4.69) is 82.2 Å². The Labute approximate surface area is 351 Å². The van der Waals surface area contributed by atoms with Crippen molar-refractivity contribution in [3.63, 3.8) is 0 Å². The van der Waals surface area contributed by atoms with Crippen LogP contribution in [0.5, 0.6) is 0 Å². The molecule has 2 aromatic heterocycles. The largest absolute Gasteiger partial charge is 0.453 e. The number of likely N-dealkylation sites (tertiary alicyclic amines) is 1. The van der Waals surface area contributed by atoms with Crippen LogP contribution in [0.25, 0.3) is 44.4 Å². The Morgan fingerprint density at radius 2 is 1.22 bits per heavy atom. The molecule has 15 heteroatoms. The van der Waals surface area contributed by atoms with Crippen LogP contribution in [-0.4, -0.2) is 101 Å². The quantitative estimate of drug-likeness (QED) is 0.0974. The third kappa shape index (κ3) is 8.53. The molecule has 4 N–H and O–H groups in total. The second-order valence-electron chi connectivity index (χ2n) is 17.4. The maximum atomic E-state index is 14.0. The molecule has 0 radical (unpaired) electrons. The number of aromatic nitrogens is 4. The Balaban J connectivity index is 1.11. The molecule has 0 saturated carbocycles. The van der Waals surface area contributed by atoms with Gasteiger partial charge in [0.15, 0.2) is 0 Å². The monoisotopic (exact) mass is 832 g/mol. The number of ether oxygens (including phenoxy) is 2. The van der Waals surface area contributed by atoms with E-state index in [1.54, 1.807) is 0 Å². The summed E-state index contributed by atoms with van der Waals surface area (Å²) in [5, 5.41) is 7.62. The summed E-state index contributed by atoms with van der Waals surface area (Å²) in [7, 11) is 0.809. The van der Waals surface area contributed by atoms with Crippen LogP contribution in [0.1, 0.15) is 64.3 Å². The average Bonchev–Trinajstić information content (AvgIpc) is 4.07. The lowest BCUT2D eigenvalue weighted by atomic mass is 9.93. The fraction of sp³-hybridized carbons (Fsp3) is 0.422. The van der Waals surface area contributed by atoms with Crippen molar-refractivity contribution in [1.29, 1.82) is 0 Å². The minimum atomic E-state index is -1.78. The van der Waals surface area contributed by atoms with Gasteiger partial charge < -0.3 is 39.9 Å². The third-order valence-electron chi connectivity index (χ3n) is 11.9. The van der Waals surface area contributed by atoms with Gasteiger partial charge in [-0.05, 0) is 58.2 Å². The summed E-state index contributed by atoms with van der Waals surface area (Å²) in [6.07, 6.45) is 4.71. The van der Waals surface area contributed by atoms with Crippen molar-refractivity contribution >= 4 is 42.8 Å². The number of imidazole rings is 2. The first-order chi connectivity index (χ1) is 28.7. The highest BCUT2D eigenvalue weighted by Crippen LogP contribution is 2.40. The zero-order valence-electron chi connectivity index (χ0n) is 35.7. The van der Waals surface area contributed by atoms with Gasteiger partial charge in [-0.2, -0.15) is 0 Å². The predicted octanol–water partition coefficient (Wildman–Crippen LogP) is 7.84. The average molecular weight is 833 g/mol. The summed E-state index contributed by atoms with van der Waals surface area (Å²) >= 11 is 0. The van der Waals surface area contributed by atoms with Crippen LogP contribution >= 0.6 is 0 Å². The molecule has 5 aromatic rings. The molecule has 0 bridgehead atoms. The molecule has 0 unspecified atom stereocenters. The number of hydrogen-bond acceptors (Lipinski definition) is 8. The molecular weight excluding hydrogens is 777 g/mol. The number of carbonyl (C=O) groups is 4. The summed E-state index contributed by atoms with van der Waals surface area (Å²) < 4.78 is 9.61. The summed E-state index contributed by atoms with van der Waals surface area (Å²) in [4.78, 5) is 72.2. The zero-order valence-corrected chi connectivity index (χ0v) is 36.7. The fourth-order valence-electron chi connectivity index (χ4n) is 8.73. The number of alkyl carbamates (subject to hydrolysis) is 2. The first-order valence-corrected chi connectivity index (χ1v) is 24.1. The maximum absolute atomic E-state index is 14.0. The molecule has 2 fully saturated rings. The first-order valence-electron chi connectivity index (χ1n) is 20.7. The van der Waals surface area contributed by atoms with Crippen molar-refractivity contribution in [2.75, 3.05) is 26.9 Å². The number of benzene rings is 3. The SMILES string of the molecule is COC(=O)N[C@H](C(=O)N1CCC[C@H]1c1ncc(-c2ccc(-c3ccc(-c4cnc([C@@H]5C[Si](C)(C)CN5C(=O)[C@@H](NC(=O)OC)C(C)C)[nH]4)c4ccccc34)cc2)[nH]1)C(C)C. The minimum absolute atomic E-state index is 0.112. The van der Waals surface area contributed by atoms with Gasteiger partial charge in [-0.25, -0.2) is 19.6 Å². The number of hydrogen-bond donors (Lipinski definition) is 4. The third-order valence-corrected chi connectivity index (χ3v) is 14.6. The molecule has 0 spiro atoms. The number of fused-ring (bicyclic) bond motifs is 1. The lowest BCUT2D eigenvalue weighted by Crippen LogP contribution is -2.52. The van der Waals surface area contributed by atoms with Crippen molar-refractivity contribution in [2.45, 2.75) is 83.8 Å². The molecule has 2 aliphatic rings. The standard InChI is InChI=1S/C45H56N8O6Si/c1-26(2)38(50-44(56)58-5)42(54)52-21-11-14-36(52)40-46-22-34(48-40)29-17-15-28(16-18-29)30-19-20-33(32-13-10-9-12-31(30)32)35-23-47-41(49-35)37-24-60(7,8)25-53(37)43(55)39(27(3)4)51-45(57)59-6/h9-10,12-13,15-20,22-23,26-27,36-39H,11,14,21,24-25H2,1-8H3,(H,46,48)(H,47,49)(H,50,56)(H,51,57)/t36-,37-,38-,39-/m0/s1. The molecule has 60 heavy (non-hydrogen) atoms. The fourth-order valence-corrected chi connectivity index (χ4v) is 11.6. The smallest absolute Gasteiger partial charge is 0.407 e. The number of H-pyrrole nitrogens is 2. The van der Waals surface area contributed by atoms with E-state index in [1.165, 1.54) is 14.2 Å². The van der Waals surface area contributed by atoms with Gasteiger partial charge in [0.1, 0.15) is 23.7 Å². The summed E-state index contributed by atoms with van der Waals surface area (Å²) in [5.41, 5.74) is 5.85. The number of aromatic amines is 2. The van der Waals surface area contributed by atoms with Crippen molar-refractivity contribution < 1.29 is 28.7 Å². The minimum Gasteiger partial charge on any atom is -0.453 e. The molecule has 4 atom stereocenters. The topological polar surface area (TPSA) is 175 Å². The van der Waals surface area contributed by atoms with E-state index in [0.29, 0.717) is 12.7 Å². The van der Waals surface area contributed by atoms with E-state index in [4.69, 9.17) is 19.4 Å². The predicted molar refractivity (Wildman–Crippen MR) is 233 cm³/mol. The number of nitrogens with one attached hydrogen (secondary N) is 4. The van der Waals surface area contributed by atoms with Gasteiger partial charge in [0.2, 0.25) is 11.8 Å². The number of rotatable bonds is 11. The number of nitrogens with zero attached hydrogens (tertiary/aromatic N) is 4. The van der Waals surface area contributed by atoms with E-state index in [0.717, 1.165) is 74.9 Å². The van der Waals surface area contributed by atoms with Crippen LogP contribution in [0.15, 0.2) is 73.1 Å². The highest BCUT2D eigenvalue weighted by atomic mass is 28.3. The normalized spacial score (nSPS) is 18.5. The molecule has 7 rings (SSSR count). The van der Waals surface area contributed by atoms with Crippen LogP contribution in [0, 0.1) is 11.8 Å². The Morgan fingerprint density at radius 1 is 0.700 bits per heavy atom. The summed E-state index contributed by atoms with van der Waals surface area (Å²) in [6.45, 7) is 12.8. The van der Waals surface area contributed by atoms with Crippen molar-refractivity contribution in [2.24, 2.45) is 11.8 Å². The highest BCUT2D eigenvalue weighted by molar-refractivity contribution is 6.78. The Hall–Kier alpha value is -5.96. The Bertz CT molecular complexity index is 2370. The lowest BCUT2D eigenvalue weighted by Gasteiger charge is -2.30. The number of methoxy groups -OCH3 is 2. The van der Waals surface area contributed by atoms with Crippen LogP contribution in [0.2, 0.25) is 19.1 Å². The van der Waals surface area contributed by atoms with Crippen LogP contribution in [0.3, 0.4) is 0 Å². The summed E-state index contributed by atoms with van der Waals surface area (Å²) in [6, 6.07) is 20.0. The molecule has 2 aliphatic heterocycles. The Kier molecular flexibility index (Phi) is 12.2. The van der Waals surface area contributed by atoms with E-state index < -0.39 is 32.3 Å². The highest BCUT2D eigenvalue weighted by Gasteiger charge is 2.46. The van der Waals surface area contributed by atoms with Crippen LogP contribution in [0.4, 0.5) is 9.59 Å². The number of carbonyl (C=O) groups excluding carboxylic acids is 4. The molecule has 4 amide bonds. The molecule has 14 nitrogen and oxygen atoms in total. The number of amides is 4.